The molecule has 3 N–H and O–H groups in total. The van der Waals surface area contributed by atoms with Crippen LogP contribution in [0.2, 0.25) is 0 Å². The van der Waals surface area contributed by atoms with Crippen LogP contribution in [-0.4, -0.2) is 23.1 Å². The van der Waals surface area contributed by atoms with E-state index in [4.69, 9.17) is 10.8 Å². The van der Waals surface area contributed by atoms with Crippen molar-refractivity contribution in [3.63, 3.8) is 0 Å². The maximum absolute atomic E-state index is 10.7. The molecule has 5 heteroatoms. The molecule has 0 aliphatic carbocycles. The predicted molar refractivity (Wildman–Crippen MR) is 93.6 cm³/mol. The fourth-order valence-electron chi connectivity index (χ4n) is 1.83. The minimum Gasteiger partial charge on any atom is -0.478 e. The van der Waals surface area contributed by atoms with Gasteiger partial charge in [0.2, 0.25) is 0 Å². The van der Waals surface area contributed by atoms with Crippen molar-refractivity contribution < 1.29 is 19.4 Å². The Morgan fingerprint density at radius 1 is 1.12 bits per heavy atom. The van der Waals surface area contributed by atoms with E-state index in [1.165, 1.54) is 0 Å². The molecule has 0 radical (unpaired) electrons. The molecule has 0 saturated carbocycles. The zero-order valence-electron chi connectivity index (χ0n) is 14.2. The molecule has 0 fully saturated rings. The number of benzene rings is 2. The summed E-state index contributed by atoms with van der Waals surface area (Å²) in [7, 11) is 0. The molecule has 0 heterocycles. The van der Waals surface area contributed by atoms with Crippen LogP contribution in [0.15, 0.2) is 48.5 Å². The Morgan fingerprint density at radius 3 is 2.17 bits per heavy atom. The fourth-order valence-corrected chi connectivity index (χ4v) is 1.83. The van der Waals surface area contributed by atoms with Gasteiger partial charge >= 0.3 is 5.97 Å². The molecule has 0 bridgehead atoms. The van der Waals surface area contributed by atoms with Crippen LogP contribution in [0.1, 0.15) is 36.7 Å². The number of carbonyl (C=O) groups is 2. The van der Waals surface area contributed by atoms with E-state index in [1.807, 2.05) is 45.0 Å². The third-order valence-corrected chi connectivity index (χ3v) is 3.03. The summed E-state index contributed by atoms with van der Waals surface area (Å²) in [6.45, 7) is 6.42. The van der Waals surface area contributed by atoms with E-state index in [-0.39, 0.29) is 5.60 Å². The summed E-state index contributed by atoms with van der Waals surface area (Å²) >= 11 is 0. The predicted octanol–water partition coefficient (Wildman–Crippen LogP) is 3.47. The topological polar surface area (TPSA) is 89.6 Å². The number of ether oxygens (including phenoxy) is 1. The van der Waals surface area contributed by atoms with Crippen molar-refractivity contribution in [3.05, 3.63) is 59.7 Å². The third-order valence-electron chi connectivity index (χ3n) is 3.03. The van der Waals surface area contributed by atoms with E-state index in [0.717, 1.165) is 16.7 Å². The molecular formula is C19H23NO4. The quantitative estimate of drug-likeness (QED) is 0.838. The lowest BCUT2D eigenvalue weighted by Gasteiger charge is -2.14. The second-order valence-corrected chi connectivity index (χ2v) is 6.11. The highest BCUT2D eigenvalue weighted by molar-refractivity contribution is 5.88. The minimum absolute atomic E-state index is 0.295. The molecule has 0 aliphatic heterocycles. The van der Waals surface area contributed by atoms with Crippen molar-refractivity contribution in [2.45, 2.75) is 32.9 Å². The normalized spacial score (nSPS) is 10.3. The van der Waals surface area contributed by atoms with Crippen molar-refractivity contribution in [1.29, 1.82) is 0 Å². The second kappa shape index (κ2) is 8.84. The Bertz CT molecular complexity index is 673. The minimum atomic E-state index is -0.910. The van der Waals surface area contributed by atoms with E-state index in [1.54, 1.807) is 24.3 Å². The summed E-state index contributed by atoms with van der Waals surface area (Å²) in [6.07, 6.45) is 0. The van der Waals surface area contributed by atoms with Crippen LogP contribution in [0, 0.1) is 0 Å². The van der Waals surface area contributed by atoms with Crippen LogP contribution in [0.4, 0.5) is 0 Å². The average Bonchev–Trinajstić information content (AvgIpc) is 2.54. The lowest BCUT2D eigenvalue weighted by Crippen LogP contribution is -2.17. The van der Waals surface area contributed by atoms with E-state index >= 15 is 0 Å². The number of rotatable bonds is 4. The van der Waals surface area contributed by atoms with Crippen molar-refractivity contribution in [3.8, 4) is 11.1 Å². The van der Waals surface area contributed by atoms with Crippen LogP contribution >= 0.6 is 0 Å². The Morgan fingerprint density at radius 2 is 1.75 bits per heavy atom. The Labute approximate surface area is 142 Å². The van der Waals surface area contributed by atoms with Gasteiger partial charge < -0.3 is 15.6 Å². The molecule has 0 amide bonds. The largest absolute Gasteiger partial charge is 0.478 e. The molecule has 0 unspecified atom stereocenters. The smallest absolute Gasteiger partial charge is 0.335 e. The summed E-state index contributed by atoms with van der Waals surface area (Å²) in [5.74, 6) is -0.910. The maximum Gasteiger partial charge on any atom is 0.335 e. The van der Waals surface area contributed by atoms with Crippen LogP contribution in [0.5, 0.6) is 0 Å². The van der Waals surface area contributed by atoms with Gasteiger partial charge in [0.25, 0.3) is 6.47 Å². The molecule has 0 spiro atoms. The molecule has 0 aliphatic rings. The summed E-state index contributed by atoms with van der Waals surface area (Å²) in [5, 5.41) is 8.81. The van der Waals surface area contributed by atoms with Gasteiger partial charge in [-0.05, 0) is 55.7 Å². The molecule has 24 heavy (non-hydrogen) atoms. The van der Waals surface area contributed by atoms with Gasteiger partial charge in [-0.15, -0.1) is 0 Å². The molecule has 2 rings (SSSR count). The molecule has 128 valence electrons. The number of carbonyl (C=O) groups excluding carboxylic acids is 1. The van der Waals surface area contributed by atoms with E-state index in [0.29, 0.717) is 18.6 Å². The van der Waals surface area contributed by atoms with Crippen molar-refractivity contribution >= 4 is 12.4 Å². The highest BCUT2D eigenvalue weighted by Gasteiger charge is 2.07. The second-order valence-electron chi connectivity index (χ2n) is 6.11. The van der Waals surface area contributed by atoms with Crippen molar-refractivity contribution in [2.24, 2.45) is 5.73 Å². The highest BCUT2D eigenvalue weighted by Crippen LogP contribution is 2.20. The van der Waals surface area contributed by atoms with Crippen LogP contribution < -0.4 is 5.73 Å². The average molecular weight is 329 g/mol. The van der Waals surface area contributed by atoms with Crippen molar-refractivity contribution in [2.75, 3.05) is 0 Å². The van der Waals surface area contributed by atoms with Gasteiger partial charge in [-0.2, -0.15) is 0 Å². The van der Waals surface area contributed by atoms with Crippen LogP contribution in [-0.2, 0) is 16.1 Å². The van der Waals surface area contributed by atoms with Gasteiger partial charge in [-0.25, -0.2) is 4.79 Å². The van der Waals surface area contributed by atoms with Gasteiger partial charge in [0, 0.05) is 6.54 Å². The molecule has 2 aromatic rings. The number of nitrogens with two attached hydrogens (primary N) is 1. The first kappa shape index (κ1) is 19.4. The lowest BCUT2D eigenvalue weighted by molar-refractivity contribution is -0.138. The summed E-state index contributed by atoms with van der Waals surface area (Å²) in [5.41, 5.74) is 8.66. The number of hydrogen-bond donors (Lipinski definition) is 2. The monoisotopic (exact) mass is 329 g/mol. The Balaban J connectivity index is 0.000000351. The first-order valence-corrected chi connectivity index (χ1v) is 7.51. The fraction of sp³-hybridized carbons (Fsp3) is 0.263. The van der Waals surface area contributed by atoms with Gasteiger partial charge in [0.1, 0.15) is 5.60 Å². The Hall–Kier alpha value is -2.66. The summed E-state index contributed by atoms with van der Waals surface area (Å²) < 4.78 is 4.55. The summed E-state index contributed by atoms with van der Waals surface area (Å²) in [6, 6.07) is 14.7. The number of aromatic carboxylic acids is 1. The van der Waals surface area contributed by atoms with Gasteiger partial charge in [-0.1, -0.05) is 30.3 Å². The zero-order chi connectivity index (χ0) is 18.2. The van der Waals surface area contributed by atoms with Gasteiger partial charge in [0.05, 0.1) is 5.56 Å². The van der Waals surface area contributed by atoms with Crippen LogP contribution in [0.3, 0.4) is 0 Å². The SMILES string of the molecule is CC(C)(C)OC=O.NCc1cccc(-c2ccc(C(=O)O)cc2)c1. The lowest BCUT2D eigenvalue weighted by atomic mass is 10.0. The van der Waals surface area contributed by atoms with E-state index in [9.17, 15) is 9.59 Å². The maximum atomic E-state index is 10.7. The number of carboxylic acid groups (broad SMARTS) is 1. The van der Waals surface area contributed by atoms with Gasteiger partial charge in [-0.3, -0.25) is 4.79 Å². The number of carboxylic acids is 1. The highest BCUT2D eigenvalue weighted by atomic mass is 16.5. The first-order chi connectivity index (χ1) is 11.3. The molecule has 0 aromatic heterocycles. The Kier molecular flexibility index (Phi) is 7.14. The summed E-state index contributed by atoms with van der Waals surface area (Å²) in [4.78, 5) is 20.3. The molecule has 2 aromatic carbocycles. The molecule has 5 nitrogen and oxygen atoms in total. The first-order valence-electron chi connectivity index (χ1n) is 7.51. The van der Waals surface area contributed by atoms with E-state index < -0.39 is 5.97 Å². The zero-order valence-corrected chi connectivity index (χ0v) is 14.2. The number of hydrogen-bond acceptors (Lipinski definition) is 4. The van der Waals surface area contributed by atoms with Gasteiger partial charge in [0.15, 0.2) is 0 Å². The standard InChI is InChI=1S/C14H13NO2.C5H10O2/c15-9-10-2-1-3-13(8-10)11-4-6-12(7-5-11)14(16)17;1-5(2,3)7-4-6/h1-8H,9,15H2,(H,16,17);4H,1-3H3. The van der Waals surface area contributed by atoms with Crippen molar-refractivity contribution in [1.82, 2.24) is 0 Å². The molecular weight excluding hydrogens is 306 g/mol. The van der Waals surface area contributed by atoms with Crippen LogP contribution in [0.25, 0.3) is 11.1 Å². The molecule has 0 atom stereocenters. The molecule has 0 saturated heterocycles. The third kappa shape index (κ3) is 6.62. The van der Waals surface area contributed by atoms with E-state index in [2.05, 4.69) is 4.74 Å².